The summed E-state index contributed by atoms with van der Waals surface area (Å²) in [7, 11) is 1.46. The van der Waals surface area contributed by atoms with Gasteiger partial charge in [0.05, 0.1) is 12.0 Å². The van der Waals surface area contributed by atoms with Crippen LogP contribution in [0.3, 0.4) is 0 Å². The van der Waals surface area contributed by atoms with Gasteiger partial charge in [-0.25, -0.2) is 0 Å². The van der Waals surface area contributed by atoms with E-state index in [1.54, 1.807) is 23.1 Å². The third-order valence-electron chi connectivity index (χ3n) is 3.65. The van der Waals surface area contributed by atoms with E-state index in [2.05, 4.69) is 0 Å². The van der Waals surface area contributed by atoms with Crippen molar-refractivity contribution in [3.63, 3.8) is 0 Å². The largest absolute Gasteiger partial charge is 0.504 e. The van der Waals surface area contributed by atoms with Gasteiger partial charge < -0.3 is 14.9 Å². The van der Waals surface area contributed by atoms with Crippen LogP contribution in [-0.2, 0) is 9.59 Å². The molecule has 1 heterocycles. The van der Waals surface area contributed by atoms with Gasteiger partial charge in [-0.1, -0.05) is 36.5 Å². The summed E-state index contributed by atoms with van der Waals surface area (Å²) in [5, 5.41) is 18.2. The summed E-state index contributed by atoms with van der Waals surface area (Å²) in [4.78, 5) is 25.0. The van der Waals surface area contributed by atoms with Gasteiger partial charge in [-0.2, -0.15) is 0 Å². The van der Waals surface area contributed by atoms with Crippen LogP contribution in [0.4, 0.5) is 0 Å². The van der Waals surface area contributed by atoms with Gasteiger partial charge in [-0.15, -0.1) is 0 Å². The number of phenols is 1. The quantitative estimate of drug-likeness (QED) is 0.406. The number of ether oxygens (including phenoxy) is 1. The van der Waals surface area contributed by atoms with E-state index < -0.39 is 5.97 Å². The van der Waals surface area contributed by atoms with Gasteiger partial charge >= 0.3 is 5.97 Å². The predicted molar refractivity (Wildman–Crippen MR) is 101 cm³/mol. The molecule has 8 heteroatoms. The third kappa shape index (κ3) is 5.20. The Hall–Kier alpha value is -2.06. The number of hydrogen-bond acceptors (Lipinski definition) is 6. The molecular formula is C17H19NO5S2. The SMILES string of the molecule is COc1cc(/C=C2\SC(=S)N(CCCCCC(=O)O)C2=O)ccc1O. The summed E-state index contributed by atoms with van der Waals surface area (Å²) in [5.74, 6) is -0.589. The standard InChI is InChI=1S/C17H19NO5S2/c1-23-13-9-11(6-7-12(13)19)10-14-16(22)18(17(24)25-14)8-4-2-3-5-15(20)21/h6-7,9-10,19H,2-5,8H2,1H3,(H,20,21)/b14-10-. The van der Waals surface area contributed by atoms with E-state index in [9.17, 15) is 14.7 Å². The number of thioether (sulfide) groups is 1. The molecule has 1 aliphatic rings. The van der Waals surface area contributed by atoms with Crippen molar-refractivity contribution >= 4 is 46.3 Å². The van der Waals surface area contributed by atoms with Gasteiger partial charge in [0.2, 0.25) is 0 Å². The molecule has 1 aromatic carbocycles. The highest BCUT2D eigenvalue weighted by molar-refractivity contribution is 8.26. The number of thiocarbonyl (C=S) groups is 1. The van der Waals surface area contributed by atoms with Gasteiger partial charge in [0.1, 0.15) is 4.32 Å². The smallest absolute Gasteiger partial charge is 0.303 e. The van der Waals surface area contributed by atoms with Gasteiger partial charge in [-0.3, -0.25) is 14.5 Å². The van der Waals surface area contributed by atoms with Crippen molar-refractivity contribution in [1.29, 1.82) is 0 Å². The fourth-order valence-electron chi connectivity index (χ4n) is 2.35. The predicted octanol–water partition coefficient (Wildman–Crippen LogP) is 3.25. The molecule has 1 aliphatic heterocycles. The van der Waals surface area contributed by atoms with Crippen LogP contribution < -0.4 is 4.74 Å². The molecule has 0 aliphatic carbocycles. The van der Waals surface area contributed by atoms with Gasteiger partial charge in [-0.05, 0) is 36.6 Å². The van der Waals surface area contributed by atoms with Crippen molar-refractivity contribution in [1.82, 2.24) is 4.90 Å². The lowest BCUT2D eigenvalue weighted by Crippen LogP contribution is -2.29. The zero-order chi connectivity index (χ0) is 18.4. The first kappa shape index (κ1) is 19.3. The zero-order valence-corrected chi connectivity index (χ0v) is 15.4. The first-order valence-corrected chi connectivity index (χ1v) is 8.99. The Bertz CT molecular complexity index is 717. The van der Waals surface area contributed by atoms with E-state index in [-0.39, 0.29) is 18.1 Å². The molecule has 1 saturated heterocycles. The lowest BCUT2D eigenvalue weighted by Gasteiger charge is -2.13. The number of phenolic OH excluding ortho intramolecular Hbond substituents is 1. The molecule has 1 fully saturated rings. The summed E-state index contributed by atoms with van der Waals surface area (Å²) >= 11 is 6.50. The van der Waals surface area contributed by atoms with Crippen LogP contribution in [0.25, 0.3) is 6.08 Å². The van der Waals surface area contributed by atoms with E-state index in [1.165, 1.54) is 24.9 Å². The highest BCUT2D eigenvalue weighted by Crippen LogP contribution is 2.34. The molecule has 0 unspecified atom stereocenters. The summed E-state index contributed by atoms with van der Waals surface area (Å²) in [6.45, 7) is 0.487. The van der Waals surface area contributed by atoms with Gasteiger partial charge in [0, 0.05) is 13.0 Å². The summed E-state index contributed by atoms with van der Waals surface area (Å²) in [5.41, 5.74) is 0.733. The first-order chi connectivity index (χ1) is 11.9. The molecule has 0 saturated carbocycles. The van der Waals surface area contributed by atoms with Gasteiger partial charge in [0.25, 0.3) is 5.91 Å². The van der Waals surface area contributed by atoms with E-state index in [0.29, 0.717) is 34.4 Å². The lowest BCUT2D eigenvalue weighted by atomic mass is 10.1. The van der Waals surface area contributed by atoms with E-state index in [1.807, 2.05) is 0 Å². The zero-order valence-electron chi connectivity index (χ0n) is 13.7. The van der Waals surface area contributed by atoms with E-state index >= 15 is 0 Å². The number of nitrogens with zero attached hydrogens (tertiary/aromatic N) is 1. The Labute approximate surface area is 155 Å². The summed E-state index contributed by atoms with van der Waals surface area (Å²) in [6, 6.07) is 4.85. The Balaban J connectivity index is 1.99. The van der Waals surface area contributed by atoms with Crippen molar-refractivity contribution in [2.75, 3.05) is 13.7 Å². The molecule has 1 aromatic rings. The summed E-state index contributed by atoms with van der Waals surface area (Å²) < 4.78 is 5.56. The van der Waals surface area contributed by atoms with Crippen molar-refractivity contribution in [3.05, 3.63) is 28.7 Å². The Morgan fingerprint density at radius 1 is 1.36 bits per heavy atom. The molecule has 0 bridgehead atoms. The number of aliphatic carboxylic acids is 1. The topological polar surface area (TPSA) is 87.1 Å². The first-order valence-electron chi connectivity index (χ1n) is 7.76. The molecule has 0 radical (unpaired) electrons. The molecule has 6 nitrogen and oxygen atoms in total. The minimum Gasteiger partial charge on any atom is -0.504 e. The summed E-state index contributed by atoms with van der Waals surface area (Å²) in [6.07, 6.45) is 3.89. The van der Waals surface area contributed by atoms with Crippen LogP contribution in [0.15, 0.2) is 23.1 Å². The number of carboxylic acids is 1. The van der Waals surface area contributed by atoms with Crippen LogP contribution in [0.5, 0.6) is 11.5 Å². The van der Waals surface area contributed by atoms with Gasteiger partial charge in [0.15, 0.2) is 11.5 Å². The Kier molecular flexibility index (Phi) is 6.83. The molecule has 0 atom stereocenters. The molecule has 0 spiro atoms. The number of amides is 1. The number of carbonyl (C=O) groups excluding carboxylic acids is 1. The maximum absolute atomic E-state index is 12.5. The monoisotopic (exact) mass is 381 g/mol. The number of methoxy groups -OCH3 is 1. The fraction of sp³-hybridized carbons (Fsp3) is 0.353. The normalized spacial score (nSPS) is 15.9. The van der Waals surface area contributed by atoms with Crippen LogP contribution in [0.1, 0.15) is 31.2 Å². The molecule has 1 amide bonds. The Morgan fingerprint density at radius 2 is 2.12 bits per heavy atom. The van der Waals surface area contributed by atoms with Crippen molar-refractivity contribution in [3.8, 4) is 11.5 Å². The highest BCUT2D eigenvalue weighted by atomic mass is 32.2. The second-order valence-corrected chi connectivity index (χ2v) is 7.14. The number of carboxylic acid groups (broad SMARTS) is 1. The lowest BCUT2D eigenvalue weighted by molar-refractivity contribution is -0.137. The molecule has 2 rings (SSSR count). The maximum Gasteiger partial charge on any atom is 0.303 e. The van der Waals surface area contributed by atoms with Crippen molar-refractivity contribution < 1.29 is 24.5 Å². The second kappa shape index (κ2) is 8.87. The average molecular weight is 381 g/mol. The van der Waals surface area contributed by atoms with Crippen LogP contribution in [-0.4, -0.2) is 45.0 Å². The minimum atomic E-state index is -0.808. The number of aromatic hydroxyl groups is 1. The highest BCUT2D eigenvalue weighted by Gasteiger charge is 2.31. The van der Waals surface area contributed by atoms with Crippen molar-refractivity contribution in [2.24, 2.45) is 0 Å². The van der Waals surface area contributed by atoms with E-state index in [4.69, 9.17) is 22.1 Å². The van der Waals surface area contributed by atoms with E-state index in [0.717, 1.165) is 12.0 Å². The van der Waals surface area contributed by atoms with Crippen LogP contribution >= 0.6 is 24.0 Å². The fourth-order valence-corrected chi connectivity index (χ4v) is 3.66. The van der Waals surface area contributed by atoms with Crippen molar-refractivity contribution in [2.45, 2.75) is 25.7 Å². The minimum absolute atomic E-state index is 0.0357. The van der Waals surface area contributed by atoms with Crippen LogP contribution in [0.2, 0.25) is 0 Å². The number of rotatable bonds is 8. The molecule has 2 N–H and O–H groups in total. The third-order valence-corrected chi connectivity index (χ3v) is 5.03. The molecule has 134 valence electrons. The molecular weight excluding hydrogens is 362 g/mol. The maximum atomic E-state index is 12.5. The Morgan fingerprint density at radius 3 is 2.80 bits per heavy atom. The van der Waals surface area contributed by atoms with Crippen LogP contribution in [0, 0.1) is 0 Å². The number of benzene rings is 1. The molecule has 25 heavy (non-hydrogen) atoms. The number of unbranched alkanes of at least 4 members (excludes halogenated alkanes) is 2. The molecule has 0 aromatic heterocycles. The number of carbonyl (C=O) groups is 2. The second-order valence-electron chi connectivity index (χ2n) is 5.47. The number of hydrogen-bond donors (Lipinski definition) is 2. The average Bonchev–Trinajstić information content (AvgIpc) is 2.83.